The van der Waals surface area contributed by atoms with E-state index in [4.69, 9.17) is 11.6 Å². The van der Waals surface area contributed by atoms with Crippen LogP contribution in [0, 0.1) is 18.3 Å². The van der Waals surface area contributed by atoms with Crippen LogP contribution in [0.15, 0.2) is 24.3 Å². The number of benzene rings is 1. The van der Waals surface area contributed by atoms with Crippen molar-refractivity contribution in [3.8, 4) is 6.07 Å². The first kappa shape index (κ1) is 22.4. The number of aromatic nitrogens is 2. The molecule has 0 bridgehead atoms. The van der Waals surface area contributed by atoms with Gasteiger partial charge in [0.15, 0.2) is 0 Å². The van der Waals surface area contributed by atoms with Gasteiger partial charge in [0.2, 0.25) is 0 Å². The van der Waals surface area contributed by atoms with E-state index in [0.29, 0.717) is 22.8 Å². The van der Waals surface area contributed by atoms with E-state index in [0.717, 1.165) is 5.56 Å². The second kappa shape index (κ2) is 8.85. The monoisotopic (exact) mass is 381 g/mol. The Labute approximate surface area is 196 Å². The Morgan fingerprint density at radius 3 is 2.28 bits per heavy atom. The van der Waals surface area contributed by atoms with Gasteiger partial charge in [-0.25, -0.2) is 0 Å². The zero-order chi connectivity index (χ0) is 18.1. The molecule has 126 valence electrons. The molecule has 0 aliphatic heterocycles. The predicted octanol–water partition coefficient (Wildman–Crippen LogP) is 0.918. The van der Waals surface area contributed by atoms with E-state index in [-0.39, 0.29) is 68.1 Å². The molecule has 1 heterocycles. The van der Waals surface area contributed by atoms with Crippen molar-refractivity contribution in [2.24, 2.45) is 0 Å². The summed E-state index contributed by atoms with van der Waals surface area (Å²) in [6.45, 7) is 10.5. The van der Waals surface area contributed by atoms with E-state index >= 15 is 0 Å². The molecule has 2 aromatic rings. The van der Waals surface area contributed by atoms with Gasteiger partial charge in [-0.2, -0.15) is 10.4 Å². The average molecular weight is 382 g/mol. The smallest absolute Gasteiger partial charge is 0.870 e. The van der Waals surface area contributed by atoms with Crippen molar-refractivity contribution in [3.05, 3.63) is 51.8 Å². The number of hydrogen-bond acceptors (Lipinski definition) is 3. The summed E-state index contributed by atoms with van der Waals surface area (Å²) in [5.41, 5.74) is 2.68. The fourth-order valence-corrected chi connectivity index (χ4v) is 2.73. The largest absolute Gasteiger partial charge is 1.00 e. The second-order valence-corrected chi connectivity index (χ2v) is 7.09. The van der Waals surface area contributed by atoms with Crippen molar-refractivity contribution in [2.45, 2.75) is 46.6 Å². The third-order valence-electron chi connectivity index (χ3n) is 3.95. The van der Waals surface area contributed by atoms with Crippen LogP contribution in [0.4, 0.5) is 0 Å². The molecule has 1 aromatic carbocycles. The Bertz CT molecular complexity index is 824. The zero-order valence-corrected chi connectivity index (χ0v) is 19.5. The van der Waals surface area contributed by atoms with Gasteiger partial charge in [0.1, 0.15) is 0 Å². The Hall–Kier alpha value is -0.614. The maximum absolute atomic E-state index is 12.9. The van der Waals surface area contributed by atoms with E-state index in [1.54, 1.807) is 11.6 Å². The number of aryl methyl sites for hydroxylation is 2. The molecule has 0 fully saturated rings. The fraction of sp³-hybridized carbons (Fsp3) is 0.368. The molecule has 0 unspecified atom stereocenters. The summed E-state index contributed by atoms with van der Waals surface area (Å²) in [6.07, 6.45) is 0. The van der Waals surface area contributed by atoms with E-state index < -0.39 is 5.76 Å². The summed E-state index contributed by atoms with van der Waals surface area (Å²) < 4.78 is 1.54. The molecule has 0 saturated carbocycles. The van der Waals surface area contributed by atoms with Gasteiger partial charge in [0.25, 0.3) is 0 Å². The van der Waals surface area contributed by atoms with E-state index in [1.165, 1.54) is 0 Å². The first-order valence-electron chi connectivity index (χ1n) is 7.86. The minimum Gasteiger partial charge on any atom is -0.870 e. The van der Waals surface area contributed by atoms with Crippen molar-refractivity contribution in [2.75, 3.05) is 0 Å². The molecular weight excluding hydrogens is 361 g/mol. The van der Waals surface area contributed by atoms with Crippen molar-refractivity contribution in [3.63, 3.8) is 0 Å². The maximum Gasteiger partial charge on any atom is 1.00 e. The minimum atomic E-state index is -0.395. The van der Waals surface area contributed by atoms with Crippen molar-refractivity contribution in [1.82, 2.24) is 9.78 Å². The normalized spacial score (nSPS) is 12.2. The average Bonchev–Trinajstić information content (AvgIpc) is 2.82. The molecule has 0 N–H and O–H groups in total. The standard InChI is InChI=1S/C19H22ClN3O.K/c1-6-23-17(16(20)12(2)22-23)18(24)15(11-21)13-7-9-14(10-8-13)19(3,4)5;/h7-10,24H,6H2,1-5H3;/q;+1/p-1. The molecule has 6 heteroatoms. The van der Waals surface area contributed by atoms with Crippen LogP contribution in [0.1, 0.15) is 50.2 Å². The molecule has 0 aliphatic rings. The fourth-order valence-electron chi connectivity index (χ4n) is 2.51. The summed E-state index contributed by atoms with van der Waals surface area (Å²) in [5.74, 6) is -0.395. The van der Waals surface area contributed by atoms with E-state index in [2.05, 4.69) is 25.9 Å². The van der Waals surface area contributed by atoms with Crippen LogP contribution in [0.2, 0.25) is 5.02 Å². The number of hydrogen-bond donors (Lipinski definition) is 0. The Morgan fingerprint density at radius 1 is 1.28 bits per heavy atom. The van der Waals surface area contributed by atoms with Crippen molar-refractivity contribution in [1.29, 1.82) is 5.26 Å². The van der Waals surface area contributed by atoms with Crippen molar-refractivity contribution < 1.29 is 56.5 Å². The third-order valence-corrected chi connectivity index (χ3v) is 4.40. The molecule has 0 radical (unpaired) electrons. The Kier molecular flexibility index (Phi) is 7.94. The van der Waals surface area contributed by atoms with Gasteiger partial charge in [0, 0.05) is 6.54 Å². The number of nitriles is 1. The third kappa shape index (κ3) is 4.76. The van der Waals surface area contributed by atoms with Gasteiger partial charge in [0.05, 0.1) is 28.1 Å². The molecule has 2 rings (SSSR count). The Balaban J connectivity index is 0.00000312. The molecular formula is C19H21ClKN3O. The van der Waals surface area contributed by atoms with Crippen LogP contribution in [0.5, 0.6) is 0 Å². The van der Waals surface area contributed by atoms with E-state index in [9.17, 15) is 10.4 Å². The summed E-state index contributed by atoms with van der Waals surface area (Å²) in [4.78, 5) is 0. The summed E-state index contributed by atoms with van der Waals surface area (Å²) >= 11 is 6.23. The van der Waals surface area contributed by atoms with Crippen LogP contribution in [0.3, 0.4) is 0 Å². The van der Waals surface area contributed by atoms with Gasteiger partial charge in [-0.05, 0) is 30.4 Å². The zero-order valence-electron chi connectivity index (χ0n) is 15.6. The van der Waals surface area contributed by atoms with Crippen molar-refractivity contribution >= 4 is 22.9 Å². The summed E-state index contributed by atoms with van der Waals surface area (Å²) in [6, 6.07) is 9.55. The SMILES string of the molecule is CCn1nc(C)c(Cl)c1C([O-])=C(C#N)c1ccc(C(C)(C)C)cc1.[K+]. The second-order valence-electron chi connectivity index (χ2n) is 6.71. The first-order chi connectivity index (χ1) is 11.2. The van der Waals surface area contributed by atoms with Gasteiger partial charge >= 0.3 is 51.4 Å². The van der Waals surface area contributed by atoms with E-state index in [1.807, 2.05) is 37.3 Å². The minimum absolute atomic E-state index is 0. The van der Waals surface area contributed by atoms with Gasteiger partial charge in [-0.15, -0.1) is 0 Å². The number of rotatable bonds is 3. The van der Waals surface area contributed by atoms with Gasteiger partial charge < -0.3 is 5.11 Å². The quantitative estimate of drug-likeness (QED) is 0.451. The molecule has 0 saturated heterocycles. The predicted molar refractivity (Wildman–Crippen MR) is 95.2 cm³/mol. The molecule has 0 aliphatic carbocycles. The molecule has 0 amide bonds. The van der Waals surface area contributed by atoms with Gasteiger partial charge in [-0.3, -0.25) is 4.68 Å². The number of halogens is 1. The summed E-state index contributed by atoms with van der Waals surface area (Å²) in [5, 5.41) is 26.9. The maximum atomic E-state index is 12.9. The van der Waals surface area contributed by atoms with Crippen LogP contribution >= 0.6 is 11.6 Å². The Morgan fingerprint density at radius 2 is 1.84 bits per heavy atom. The summed E-state index contributed by atoms with van der Waals surface area (Å²) in [7, 11) is 0. The van der Waals surface area contributed by atoms with Crippen LogP contribution in [-0.4, -0.2) is 9.78 Å². The van der Waals surface area contributed by atoms with Crippen LogP contribution in [0.25, 0.3) is 11.3 Å². The molecule has 4 nitrogen and oxygen atoms in total. The van der Waals surface area contributed by atoms with Crippen LogP contribution < -0.4 is 56.5 Å². The molecule has 25 heavy (non-hydrogen) atoms. The number of nitrogens with zero attached hydrogens (tertiary/aromatic N) is 3. The first-order valence-corrected chi connectivity index (χ1v) is 8.24. The topological polar surface area (TPSA) is 64.7 Å². The van der Waals surface area contributed by atoms with Crippen LogP contribution in [-0.2, 0) is 12.0 Å². The molecule has 1 aromatic heterocycles. The molecule has 0 atom stereocenters. The molecule has 0 spiro atoms. The number of allylic oxidation sites excluding steroid dienone is 1. The van der Waals surface area contributed by atoms with Gasteiger partial charge in [-0.1, -0.05) is 62.4 Å².